The van der Waals surface area contributed by atoms with Crippen molar-refractivity contribution in [3.05, 3.63) is 35.4 Å². The van der Waals surface area contributed by atoms with E-state index in [2.05, 4.69) is 10.6 Å². The first-order chi connectivity index (χ1) is 16.3. The number of nitrogens with two attached hydrogens (primary N) is 1. The van der Waals surface area contributed by atoms with Crippen LogP contribution in [0.2, 0.25) is 0 Å². The number of alkyl carbamates (subject to hydrolysis) is 1. The lowest BCUT2D eigenvalue weighted by atomic mass is 10.00. The molecule has 2 rings (SSSR count). The zero-order valence-corrected chi connectivity index (χ0v) is 21.7. The second-order valence-electron chi connectivity index (χ2n) is 10.4. The Bertz CT molecular complexity index is 905. The SMILES string of the molecule is CCCC(C)NC(=O)C(c1ccc(C)cc1)N(C(=O)C(CC(N)=O)NC(=O)OC(C)(C)C)C1CC1. The van der Waals surface area contributed by atoms with Crippen LogP contribution in [0.25, 0.3) is 0 Å². The second-order valence-corrected chi connectivity index (χ2v) is 10.4. The van der Waals surface area contributed by atoms with Crippen LogP contribution in [0.4, 0.5) is 4.79 Å². The number of carbonyl (C=O) groups excluding carboxylic acids is 4. The minimum Gasteiger partial charge on any atom is -0.444 e. The molecule has 1 aromatic carbocycles. The zero-order valence-electron chi connectivity index (χ0n) is 21.7. The monoisotopic (exact) mass is 488 g/mol. The molecule has 35 heavy (non-hydrogen) atoms. The van der Waals surface area contributed by atoms with E-state index in [4.69, 9.17) is 10.5 Å². The summed E-state index contributed by atoms with van der Waals surface area (Å²) in [5, 5.41) is 5.53. The summed E-state index contributed by atoms with van der Waals surface area (Å²) >= 11 is 0. The number of carbonyl (C=O) groups is 4. The molecule has 3 atom stereocenters. The van der Waals surface area contributed by atoms with Gasteiger partial charge in [0, 0.05) is 12.1 Å². The van der Waals surface area contributed by atoms with Gasteiger partial charge in [-0.15, -0.1) is 0 Å². The molecule has 1 aromatic rings. The van der Waals surface area contributed by atoms with E-state index in [-0.39, 0.29) is 18.0 Å². The fraction of sp³-hybridized carbons (Fsp3) is 0.615. The van der Waals surface area contributed by atoms with Gasteiger partial charge in [0.05, 0.1) is 6.42 Å². The van der Waals surface area contributed by atoms with Gasteiger partial charge in [-0.3, -0.25) is 14.4 Å². The van der Waals surface area contributed by atoms with Gasteiger partial charge in [-0.1, -0.05) is 43.2 Å². The number of amides is 4. The van der Waals surface area contributed by atoms with Crippen molar-refractivity contribution in [1.29, 1.82) is 0 Å². The van der Waals surface area contributed by atoms with Crippen LogP contribution in [0.1, 0.15) is 83.9 Å². The molecule has 0 aromatic heterocycles. The van der Waals surface area contributed by atoms with Crippen molar-refractivity contribution in [2.75, 3.05) is 0 Å². The minimum absolute atomic E-state index is 0.0714. The van der Waals surface area contributed by atoms with E-state index in [1.54, 1.807) is 20.8 Å². The summed E-state index contributed by atoms with van der Waals surface area (Å²) in [5.41, 5.74) is 6.30. The lowest BCUT2D eigenvalue weighted by Gasteiger charge is -2.35. The molecule has 0 aliphatic heterocycles. The Morgan fingerprint density at radius 2 is 1.71 bits per heavy atom. The maximum atomic E-state index is 13.8. The van der Waals surface area contributed by atoms with Gasteiger partial charge in [0.25, 0.3) is 0 Å². The highest BCUT2D eigenvalue weighted by Crippen LogP contribution is 2.36. The number of nitrogens with zero attached hydrogens (tertiary/aromatic N) is 1. The molecule has 0 spiro atoms. The molecule has 0 radical (unpaired) electrons. The molecule has 0 bridgehead atoms. The lowest BCUT2D eigenvalue weighted by molar-refractivity contribution is -0.144. The molecule has 0 saturated heterocycles. The van der Waals surface area contributed by atoms with Gasteiger partial charge in [-0.25, -0.2) is 4.79 Å². The zero-order chi connectivity index (χ0) is 26.3. The number of rotatable bonds is 11. The third kappa shape index (κ3) is 8.88. The number of nitrogens with one attached hydrogen (secondary N) is 2. The van der Waals surface area contributed by atoms with Gasteiger partial charge < -0.3 is 26.0 Å². The van der Waals surface area contributed by atoms with E-state index in [9.17, 15) is 19.2 Å². The van der Waals surface area contributed by atoms with Gasteiger partial charge in [0.1, 0.15) is 17.7 Å². The van der Waals surface area contributed by atoms with Gasteiger partial charge >= 0.3 is 6.09 Å². The Morgan fingerprint density at radius 1 is 1.11 bits per heavy atom. The minimum atomic E-state index is -1.25. The van der Waals surface area contributed by atoms with Crippen LogP contribution in [0.5, 0.6) is 0 Å². The number of primary amides is 1. The van der Waals surface area contributed by atoms with Crippen molar-refractivity contribution in [3.8, 4) is 0 Å². The first-order valence-corrected chi connectivity index (χ1v) is 12.3. The Morgan fingerprint density at radius 3 is 2.20 bits per heavy atom. The van der Waals surface area contributed by atoms with Crippen molar-refractivity contribution < 1.29 is 23.9 Å². The molecule has 9 nitrogen and oxygen atoms in total. The van der Waals surface area contributed by atoms with Crippen LogP contribution >= 0.6 is 0 Å². The fourth-order valence-corrected chi connectivity index (χ4v) is 3.92. The highest BCUT2D eigenvalue weighted by Gasteiger charge is 2.44. The van der Waals surface area contributed by atoms with Crippen molar-refractivity contribution in [1.82, 2.24) is 15.5 Å². The van der Waals surface area contributed by atoms with Crippen LogP contribution in [-0.2, 0) is 19.1 Å². The van der Waals surface area contributed by atoms with E-state index in [0.29, 0.717) is 5.56 Å². The molecule has 1 saturated carbocycles. The number of hydrogen-bond acceptors (Lipinski definition) is 5. The smallest absolute Gasteiger partial charge is 0.408 e. The molecule has 1 fully saturated rings. The molecule has 194 valence electrons. The summed E-state index contributed by atoms with van der Waals surface area (Å²) in [5.74, 6) is -1.59. The lowest BCUT2D eigenvalue weighted by Crippen LogP contribution is -2.55. The van der Waals surface area contributed by atoms with Gasteiger partial charge in [-0.2, -0.15) is 0 Å². The van der Waals surface area contributed by atoms with E-state index in [0.717, 1.165) is 31.2 Å². The number of ether oxygens (including phenoxy) is 1. The molecule has 9 heteroatoms. The Balaban J connectivity index is 2.43. The largest absolute Gasteiger partial charge is 0.444 e. The quantitative estimate of drug-likeness (QED) is 0.440. The number of benzene rings is 1. The Hall–Kier alpha value is -3.10. The first-order valence-electron chi connectivity index (χ1n) is 12.3. The molecular formula is C26H40N4O5. The maximum absolute atomic E-state index is 13.8. The molecule has 4 N–H and O–H groups in total. The maximum Gasteiger partial charge on any atom is 0.408 e. The van der Waals surface area contributed by atoms with Gasteiger partial charge in [0.2, 0.25) is 17.7 Å². The highest BCUT2D eigenvalue weighted by atomic mass is 16.6. The van der Waals surface area contributed by atoms with E-state index in [1.165, 1.54) is 4.90 Å². The molecule has 3 unspecified atom stereocenters. The molecular weight excluding hydrogens is 448 g/mol. The summed E-state index contributed by atoms with van der Waals surface area (Å²) in [6.45, 7) is 11.0. The summed E-state index contributed by atoms with van der Waals surface area (Å²) in [7, 11) is 0. The van der Waals surface area contributed by atoms with Crippen LogP contribution in [0, 0.1) is 6.92 Å². The summed E-state index contributed by atoms with van der Waals surface area (Å²) in [4.78, 5) is 53.1. The summed E-state index contributed by atoms with van der Waals surface area (Å²) in [6, 6.07) is 5.02. The average Bonchev–Trinajstić information content (AvgIpc) is 3.55. The second kappa shape index (κ2) is 12.0. The van der Waals surface area contributed by atoms with Gasteiger partial charge in [0.15, 0.2) is 0 Å². The number of aryl methyl sites for hydroxylation is 1. The van der Waals surface area contributed by atoms with Crippen LogP contribution < -0.4 is 16.4 Å². The predicted molar refractivity (Wildman–Crippen MR) is 133 cm³/mol. The predicted octanol–water partition coefficient (Wildman–Crippen LogP) is 3.10. The van der Waals surface area contributed by atoms with E-state index >= 15 is 0 Å². The third-order valence-corrected chi connectivity index (χ3v) is 5.62. The topological polar surface area (TPSA) is 131 Å². The van der Waals surface area contributed by atoms with Crippen LogP contribution in [0.3, 0.4) is 0 Å². The van der Waals surface area contributed by atoms with Crippen molar-refractivity contribution in [3.63, 3.8) is 0 Å². The number of hydrogen-bond donors (Lipinski definition) is 3. The van der Waals surface area contributed by atoms with Crippen LogP contribution in [-0.4, -0.2) is 52.4 Å². The average molecular weight is 489 g/mol. The van der Waals surface area contributed by atoms with Crippen molar-refractivity contribution in [2.24, 2.45) is 5.73 Å². The normalized spacial score (nSPS) is 15.9. The molecule has 1 aliphatic rings. The fourth-order valence-electron chi connectivity index (χ4n) is 3.92. The third-order valence-electron chi connectivity index (χ3n) is 5.62. The van der Waals surface area contributed by atoms with E-state index in [1.807, 2.05) is 45.0 Å². The summed E-state index contributed by atoms with van der Waals surface area (Å²) in [6.07, 6.45) is 1.91. The van der Waals surface area contributed by atoms with Crippen molar-refractivity contribution >= 4 is 23.8 Å². The Kier molecular flexibility index (Phi) is 9.68. The highest BCUT2D eigenvalue weighted by molar-refractivity contribution is 5.95. The van der Waals surface area contributed by atoms with Crippen molar-refractivity contribution in [2.45, 2.75) is 103 Å². The molecule has 0 heterocycles. The standard InChI is InChI=1S/C26H40N4O5/c1-7-8-17(3)28-23(32)22(18-11-9-16(2)10-12-18)30(19-13-14-19)24(33)20(15-21(27)31)29-25(34)35-26(4,5)6/h9-12,17,19-20,22H,7-8,13-15H2,1-6H3,(H2,27,31)(H,28,32)(H,29,34). The van der Waals surface area contributed by atoms with Gasteiger partial charge in [-0.05, 0) is 59.4 Å². The Labute approximate surface area is 208 Å². The molecule has 1 aliphatic carbocycles. The first kappa shape index (κ1) is 28.1. The summed E-state index contributed by atoms with van der Waals surface area (Å²) < 4.78 is 5.29. The molecule has 4 amide bonds. The van der Waals surface area contributed by atoms with E-state index < -0.39 is 42.0 Å². The van der Waals surface area contributed by atoms with Crippen LogP contribution in [0.15, 0.2) is 24.3 Å².